The van der Waals surface area contributed by atoms with Crippen LogP contribution in [-0.2, 0) is 4.79 Å². The third-order valence-electron chi connectivity index (χ3n) is 3.10. The van der Waals surface area contributed by atoms with Gasteiger partial charge in [-0.15, -0.1) is 0 Å². The minimum absolute atomic E-state index is 0.164. The van der Waals surface area contributed by atoms with Crippen LogP contribution in [0.25, 0.3) is 0 Å². The van der Waals surface area contributed by atoms with Gasteiger partial charge in [0.25, 0.3) is 5.91 Å². The van der Waals surface area contributed by atoms with Crippen LogP contribution in [0.2, 0.25) is 0 Å². The number of benzene rings is 1. The first kappa shape index (κ1) is 11.8. The molecule has 1 aliphatic rings. The summed E-state index contributed by atoms with van der Waals surface area (Å²) in [7, 11) is 1.91. The number of imide groups is 1. The van der Waals surface area contributed by atoms with Crippen LogP contribution in [0.4, 0.5) is 0 Å². The van der Waals surface area contributed by atoms with Crippen molar-refractivity contribution in [1.29, 1.82) is 0 Å². The van der Waals surface area contributed by atoms with E-state index in [-0.39, 0.29) is 17.9 Å². The van der Waals surface area contributed by atoms with Gasteiger partial charge in [-0.25, -0.2) is 0 Å². The maximum Gasteiger partial charge on any atom is 0.257 e. The Kier molecular flexibility index (Phi) is 3.54. The van der Waals surface area contributed by atoms with E-state index in [0.29, 0.717) is 5.56 Å². The van der Waals surface area contributed by atoms with E-state index in [1.54, 1.807) is 24.3 Å². The molecular formula is C13H16N2O2. The fourth-order valence-corrected chi connectivity index (χ4v) is 2.10. The molecule has 0 bridgehead atoms. The van der Waals surface area contributed by atoms with Gasteiger partial charge in [0.05, 0.1) is 6.04 Å². The van der Waals surface area contributed by atoms with Crippen molar-refractivity contribution in [2.45, 2.75) is 18.9 Å². The molecule has 1 aliphatic heterocycles. The van der Waals surface area contributed by atoms with Crippen molar-refractivity contribution in [3.05, 3.63) is 35.9 Å². The molecular weight excluding hydrogens is 216 g/mol. The lowest BCUT2D eigenvalue weighted by Gasteiger charge is -2.17. The molecule has 1 N–H and O–H groups in total. The van der Waals surface area contributed by atoms with Crippen molar-refractivity contribution in [3.8, 4) is 0 Å². The average Bonchev–Trinajstić information content (AvgIpc) is 2.76. The first-order chi connectivity index (χ1) is 8.18. The van der Waals surface area contributed by atoms with E-state index in [0.717, 1.165) is 19.4 Å². The highest BCUT2D eigenvalue weighted by Crippen LogP contribution is 2.14. The zero-order valence-electron chi connectivity index (χ0n) is 9.85. The van der Waals surface area contributed by atoms with E-state index >= 15 is 0 Å². The molecule has 0 saturated carbocycles. The normalized spacial score (nSPS) is 20.2. The second-order valence-corrected chi connectivity index (χ2v) is 4.32. The molecule has 2 amide bonds. The first-order valence-electron chi connectivity index (χ1n) is 5.79. The quantitative estimate of drug-likeness (QED) is 0.775. The topological polar surface area (TPSA) is 49.4 Å². The number of amides is 2. The van der Waals surface area contributed by atoms with Crippen LogP contribution in [0.1, 0.15) is 23.2 Å². The highest BCUT2D eigenvalue weighted by molar-refractivity contribution is 6.06. The van der Waals surface area contributed by atoms with E-state index in [2.05, 4.69) is 5.32 Å². The zero-order valence-corrected chi connectivity index (χ0v) is 9.85. The molecule has 0 radical (unpaired) electrons. The van der Waals surface area contributed by atoms with Gasteiger partial charge in [0.1, 0.15) is 0 Å². The summed E-state index contributed by atoms with van der Waals surface area (Å²) in [4.78, 5) is 25.6. The first-order valence-corrected chi connectivity index (χ1v) is 5.79. The van der Waals surface area contributed by atoms with E-state index in [4.69, 9.17) is 0 Å². The van der Waals surface area contributed by atoms with Gasteiger partial charge in [0.2, 0.25) is 5.91 Å². The molecule has 17 heavy (non-hydrogen) atoms. The van der Waals surface area contributed by atoms with Crippen molar-refractivity contribution in [2.75, 3.05) is 13.6 Å². The predicted octanol–water partition coefficient (Wildman–Crippen LogP) is 1.04. The van der Waals surface area contributed by atoms with Crippen molar-refractivity contribution in [1.82, 2.24) is 10.2 Å². The van der Waals surface area contributed by atoms with Crippen molar-refractivity contribution >= 4 is 11.8 Å². The van der Waals surface area contributed by atoms with Crippen LogP contribution in [0, 0.1) is 0 Å². The van der Waals surface area contributed by atoms with Gasteiger partial charge in [-0.05, 0) is 38.6 Å². The lowest BCUT2D eigenvalue weighted by atomic mass is 10.2. The van der Waals surface area contributed by atoms with Crippen molar-refractivity contribution in [2.24, 2.45) is 0 Å². The number of nitrogens with one attached hydrogen (secondary N) is 1. The number of carbonyl (C=O) groups is 2. The highest BCUT2D eigenvalue weighted by Gasteiger charge is 2.28. The molecule has 1 aromatic rings. The van der Waals surface area contributed by atoms with E-state index in [1.165, 1.54) is 0 Å². The van der Waals surface area contributed by atoms with Gasteiger partial charge >= 0.3 is 0 Å². The van der Waals surface area contributed by atoms with Gasteiger partial charge in [0, 0.05) is 5.56 Å². The number of nitrogens with zero attached hydrogens (tertiary/aromatic N) is 1. The Morgan fingerprint density at radius 1 is 1.29 bits per heavy atom. The summed E-state index contributed by atoms with van der Waals surface area (Å²) in [5.41, 5.74) is 0.515. The molecule has 4 nitrogen and oxygen atoms in total. The highest BCUT2D eigenvalue weighted by atomic mass is 16.2. The third-order valence-corrected chi connectivity index (χ3v) is 3.10. The summed E-state index contributed by atoms with van der Waals surface area (Å²) in [6, 6.07) is 8.62. The molecule has 1 fully saturated rings. The Hall–Kier alpha value is -1.68. The monoisotopic (exact) mass is 232 g/mol. The minimum Gasteiger partial charge on any atom is -0.295 e. The molecule has 1 aromatic carbocycles. The lowest BCUT2D eigenvalue weighted by Crippen LogP contribution is -2.43. The van der Waals surface area contributed by atoms with E-state index in [9.17, 15) is 9.59 Å². The SMILES string of the molecule is CN1CCC[C@H]1C(=O)NC(=O)c1ccccc1. The molecule has 0 spiro atoms. The molecule has 1 heterocycles. The minimum atomic E-state index is -0.323. The van der Waals surface area contributed by atoms with Gasteiger partial charge in [-0.1, -0.05) is 18.2 Å². The number of likely N-dealkylation sites (tertiary alicyclic amines) is 1. The summed E-state index contributed by atoms with van der Waals surface area (Å²) in [5.74, 6) is -0.519. The summed E-state index contributed by atoms with van der Waals surface area (Å²) in [5, 5.41) is 2.45. The number of carbonyl (C=O) groups excluding carboxylic acids is 2. The van der Waals surface area contributed by atoms with Gasteiger partial charge in [-0.2, -0.15) is 0 Å². The Balaban J connectivity index is 1.97. The maximum atomic E-state index is 11.9. The zero-order chi connectivity index (χ0) is 12.3. The Morgan fingerprint density at radius 3 is 2.59 bits per heavy atom. The summed E-state index contributed by atoms with van der Waals surface area (Å²) in [6.07, 6.45) is 1.83. The van der Waals surface area contributed by atoms with Crippen LogP contribution >= 0.6 is 0 Å². The standard InChI is InChI=1S/C13H16N2O2/c1-15-9-5-8-11(15)13(17)14-12(16)10-6-3-2-4-7-10/h2-4,6-7,11H,5,8-9H2,1H3,(H,14,16,17)/t11-/m0/s1. The van der Waals surface area contributed by atoms with Crippen LogP contribution in [-0.4, -0.2) is 36.3 Å². The van der Waals surface area contributed by atoms with Crippen LogP contribution in [0.15, 0.2) is 30.3 Å². The van der Waals surface area contributed by atoms with Gasteiger partial charge in [0.15, 0.2) is 0 Å². The molecule has 90 valence electrons. The number of likely N-dealkylation sites (N-methyl/N-ethyl adjacent to an activating group) is 1. The summed E-state index contributed by atoms with van der Waals surface area (Å²) in [6.45, 7) is 0.914. The molecule has 1 saturated heterocycles. The Labute approximate surface area is 101 Å². The van der Waals surface area contributed by atoms with Crippen molar-refractivity contribution in [3.63, 3.8) is 0 Å². The molecule has 2 rings (SSSR count). The Morgan fingerprint density at radius 2 is 2.00 bits per heavy atom. The predicted molar refractivity (Wildman–Crippen MR) is 64.6 cm³/mol. The molecule has 0 aliphatic carbocycles. The molecule has 0 aromatic heterocycles. The largest absolute Gasteiger partial charge is 0.295 e. The fraction of sp³-hybridized carbons (Fsp3) is 0.385. The smallest absolute Gasteiger partial charge is 0.257 e. The summed E-state index contributed by atoms with van der Waals surface area (Å²) < 4.78 is 0. The average molecular weight is 232 g/mol. The molecule has 4 heteroatoms. The Bertz CT molecular complexity index is 417. The van der Waals surface area contributed by atoms with Gasteiger partial charge in [-0.3, -0.25) is 19.8 Å². The lowest BCUT2D eigenvalue weighted by molar-refractivity contribution is -0.124. The molecule has 1 atom stereocenters. The summed E-state index contributed by atoms with van der Waals surface area (Å²) >= 11 is 0. The van der Waals surface area contributed by atoms with Gasteiger partial charge < -0.3 is 0 Å². The molecule has 0 unspecified atom stereocenters. The van der Waals surface area contributed by atoms with Crippen LogP contribution in [0.3, 0.4) is 0 Å². The van der Waals surface area contributed by atoms with Crippen LogP contribution < -0.4 is 5.32 Å². The number of hydrogen-bond donors (Lipinski definition) is 1. The number of hydrogen-bond acceptors (Lipinski definition) is 3. The fourth-order valence-electron chi connectivity index (χ4n) is 2.10. The van der Waals surface area contributed by atoms with Crippen molar-refractivity contribution < 1.29 is 9.59 Å². The van der Waals surface area contributed by atoms with Crippen LogP contribution in [0.5, 0.6) is 0 Å². The second kappa shape index (κ2) is 5.10. The van der Waals surface area contributed by atoms with E-state index < -0.39 is 0 Å². The number of rotatable bonds is 2. The maximum absolute atomic E-state index is 11.9. The second-order valence-electron chi connectivity index (χ2n) is 4.32. The van der Waals surface area contributed by atoms with E-state index in [1.807, 2.05) is 18.0 Å². The third kappa shape index (κ3) is 2.71.